The van der Waals surface area contributed by atoms with Crippen LogP contribution in [-0.2, 0) is 14.4 Å². The van der Waals surface area contributed by atoms with Crippen LogP contribution in [0.3, 0.4) is 0 Å². The highest BCUT2D eigenvalue weighted by Gasteiger charge is 1.53. The molecular weight excluding hydrogens is 156 g/mol. The number of rotatable bonds is 1. The monoisotopic (exact) mass is 164 g/mol. The van der Waals surface area contributed by atoms with Gasteiger partial charge in [0.2, 0.25) is 0 Å². The second-order valence-electron chi connectivity index (χ2n) is 0.675. The van der Waals surface area contributed by atoms with E-state index in [0.717, 1.165) is 0 Å². The molecule has 0 unspecified atom stereocenters. The zero-order chi connectivity index (χ0) is 8.99. The third-order valence-electron chi connectivity index (χ3n) is 0.0556. The Hall–Kier alpha value is -1.30. The molecule has 0 radical (unpaired) electrons. The summed E-state index contributed by atoms with van der Waals surface area (Å²) >= 11 is 4.09. The lowest BCUT2D eigenvalue weighted by molar-refractivity contribution is -0.122. The van der Waals surface area contributed by atoms with E-state index in [1.165, 1.54) is 0 Å². The Kier molecular flexibility index (Phi) is 40.1. The molecule has 0 saturated carbocycles. The summed E-state index contributed by atoms with van der Waals surface area (Å²) in [4.78, 5) is 25.6. The molecule has 0 bridgehead atoms. The summed E-state index contributed by atoms with van der Waals surface area (Å²) < 4.78 is 0. The second-order valence-corrected chi connectivity index (χ2v) is 1.15. The van der Waals surface area contributed by atoms with Gasteiger partial charge in [0.25, 0.3) is 0 Å². The number of hydrogen-bond acceptors (Lipinski definition) is 4. The molecule has 0 spiro atoms. The first-order valence-corrected chi connectivity index (χ1v) is 2.28. The summed E-state index contributed by atoms with van der Waals surface area (Å²) in [6, 6.07) is 0. The van der Waals surface area contributed by atoms with Gasteiger partial charge in [-0.25, -0.2) is 0 Å². The summed E-state index contributed by atoms with van der Waals surface area (Å²) in [5.41, 5.74) is 9.24. The van der Waals surface area contributed by atoms with Gasteiger partial charge >= 0.3 is 0 Å². The van der Waals surface area contributed by atoms with Gasteiger partial charge in [0.15, 0.2) is 17.7 Å². The minimum Gasteiger partial charge on any atom is -0.377 e. The minimum absolute atomic E-state index is 0.000000000000000222. The number of hydrogen-bond donors (Lipinski definition) is 2. The van der Waals surface area contributed by atoms with Gasteiger partial charge in [-0.15, -0.1) is 0 Å². The molecule has 10 heavy (non-hydrogen) atoms. The SMILES string of the molecule is C=O.NC(N)=S.O=CC=O. The first kappa shape index (κ1) is 15.9. The fourth-order valence-electron chi connectivity index (χ4n) is 0. The first-order chi connectivity index (χ1) is 4.65. The molecule has 0 aliphatic rings. The summed E-state index contributed by atoms with van der Waals surface area (Å²) in [6.07, 6.45) is 0.389. The van der Waals surface area contributed by atoms with Gasteiger partial charge < -0.3 is 16.3 Å². The van der Waals surface area contributed by atoms with Crippen molar-refractivity contribution in [1.29, 1.82) is 0 Å². The molecule has 0 fully saturated rings. The van der Waals surface area contributed by atoms with Crippen molar-refractivity contribution in [3.05, 3.63) is 0 Å². The third-order valence-corrected chi connectivity index (χ3v) is 0.0556. The van der Waals surface area contributed by atoms with Gasteiger partial charge in [0, 0.05) is 0 Å². The van der Waals surface area contributed by atoms with E-state index in [4.69, 9.17) is 14.4 Å². The molecule has 58 valence electrons. The zero-order valence-electron chi connectivity index (χ0n) is 5.15. The minimum atomic E-state index is 0.000000000000000222. The zero-order valence-corrected chi connectivity index (χ0v) is 5.97. The number of thiocarbonyl (C=S) groups is 1. The Morgan fingerprint density at radius 3 is 1.30 bits per heavy atom. The average molecular weight is 164 g/mol. The topological polar surface area (TPSA) is 103 Å². The molecule has 0 amide bonds. The Morgan fingerprint density at radius 2 is 1.30 bits per heavy atom. The van der Waals surface area contributed by atoms with Crippen LogP contribution >= 0.6 is 12.2 Å². The van der Waals surface area contributed by atoms with E-state index in [2.05, 4.69) is 23.7 Å². The van der Waals surface area contributed by atoms with E-state index in [9.17, 15) is 0 Å². The van der Waals surface area contributed by atoms with Crippen LogP contribution in [0.1, 0.15) is 0 Å². The molecule has 5 nitrogen and oxygen atoms in total. The molecule has 6 heteroatoms. The number of carbonyl (C=O) groups is 3. The van der Waals surface area contributed by atoms with Crippen molar-refractivity contribution in [3.63, 3.8) is 0 Å². The second kappa shape index (κ2) is 25.2. The maximum Gasteiger partial charge on any atom is 0.182 e. The fraction of sp³-hybridized carbons (Fsp3) is 0. The van der Waals surface area contributed by atoms with Crippen molar-refractivity contribution < 1.29 is 14.4 Å². The third kappa shape index (κ3) is 2420. The predicted molar refractivity (Wildman–Crippen MR) is 40.2 cm³/mol. The molecular formula is C4H8N2O3S. The highest BCUT2D eigenvalue weighted by Crippen LogP contribution is 1.32. The number of carbonyl (C=O) groups excluding carboxylic acids is 3. The Morgan fingerprint density at radius 1 is 1.20 bits per heavy atom. The first-order valence-electron chi connectivity index (χ1n) is 1.87. The highest BCUT2D eigenvalue weighted by atomic mass is 32.1. The van der Waals surface area contributed by atoms with Crippen LogP contribution < -0.4 is 11.5 Å². The molecule has 0 aromatic rings. The number of nitrogens with two attached hydrogens (primary N) is 2. The van der Waals surface area contributed by atoms with Crippen LogP contribution in [0.5, 0.6) is 0 Å². The lowest BCUT2D eigenvalue weighted by Gasteiger charge is -1.68. The molecule has 4 N–H and O–H groups in total. The lowest BCUT2D eigenvalue weighted by atomic mass is 10.9. The molecule has 0 aromatic heterocycles. The van der Waals surface area contributed by atoms with Crippen LogP contribution in [0.4, 0.5) is 0 Å². The van der Waals surface area contributed by atoms with Crippen LogP contribution in [0.25, 0.3) is 0 Å². The Bertz CT molecular complexity index is 96.7. The maximum absolute atomic E-state index is 8.81. The van der Waals surface area contributed by atoms with E-state index in [0.29, 0.717) is 0 Å². The maximum atomic E-state index is 8.81. The molecule has 0 aliphatic heterocycles. The van der Waals surface area contributed by atoms with Gasteiger partial charge in [-0.3, -0.25) is 9.59 Å². The Labute approximate surface area is 63.4 Å². The van der Waals surface area contributed by atoms with E-state index >= 15 is 0 Å². The molecule has 0 heterocycles. The van der Waals surface area contributed by atoms with Crippen LogP contribution in [0, 0.1) is 0 Å². The van der Waals surface area contributed by atoms with Gasteiger partial charge in [-0.1, -0.05) is 0 Å². The summed E-state index contributed by atoms with van der Waals surface area (Å²) in [5.74, 6) is 0. The molecule has 0 rings (SSSR count). The molecule has 0 saturated heterocycles. The highest BCUT2D eigenvalue weighted by molar-refractivity contribution is 7.80. The van der Waals surface area contributed by atoms with E-state index in [1.54, 1.807) is 0 Å². The van der Waals surface area contributed by atoms with Gasteiger partial charge in [0.05, 0.1) is 0 Å². The van der Waals surface area contributed by atoms with Gasteiger partial charge in [-0.2, -0.15) is 0 Å². The predicted octanol–water partition coefficient (Wildman–Crippen LogP) is -1.61. The van der Waals surface area contributed by atoms with Crippen molar-refractivity contribution in [2.75, 3.05) is 0 Å². The smallest absolute Gasteiger partial charge is 0.182 e. The van der Waals surface area contributed by atoms with Crippen molar-refractivity contribution >= 4 is 36.7 Å². The van der Waals surface area contributed by atoms with Crippen LogP contribution in [-0.4, -0.2) is 24.5 Å². The standard InChI is InChI=1S/C2H2O2.CH4N2S.CH2O/c3-1-2-4;2-1(3)4;1-2/h1-2H;(H4,2,3,4);1H2. The van der Waals surface area contributed by atoms with Crippen molar-refractivity contribution in [2.24, 2.45) is 11.5 Å². The van der Waals surface area contributed by atoms with E-state index < -0.39 is 0 Å². The Balaban J connectivity index is -0.0000000787. The summed E-state index contributed by atoms with van der Waals surface area (Å²) in [5, 5.41) is 0.000000000000000222. The fourth-order valence-corrected chi connectivity index (χ4v) is 0. The van der Waals surface area contributed by atoms with Gasteiger partial charge in [-0.05, 0) is 12.2 Å². The number of aldehydes is 2. The largest absolute Gasteiger partial charge is 0.377 e. The van der Waals surface area contributed by atoms with Crippen LogP contribution in [0.2, 0.25) is 0 Å². The average Bonchev–Trinajstić information content (AvgIpc) is 1.91. The van der Waals surface area contributed by atoms with Crippen molar-refractivity contribution in [3.8, 4) is 0 Å². The normalized spacial score (nSPS) is 4.80. The lowest BCUT2D eigenvalue weighted by Crippen LogP contribution is -2.18. The van der Waals surface area contributed by atoms with Crippen molar-refractivity contribution in [2.45, 2.75) is 0 Å². The van der Waals surface area contributed by atoms with Crippen LogP contribution in [0.15, 0.2) is 0 Å². The summed E-state index contributed by atoms with van der Waals surface area (Å²) in [7, 11) is 0. The van der Waals surface area contributed by atoms with Crippen molar-refractivity contribution in [1.82, 2.24) is 0 Å². The van der Waals surface area contributed by atoms with E-state index in [1.807, 2.05) is 6.79 Å². The quantitative estimate of drug-likeness (QED) is 0.274. The summed E-state index contributed by atoms with van der Waals surface area (Å²) in [6.45, 7) is 2.00. The molecule has 0 aliphatic carbocycles. The van der Waals surface area contributed by atoms with E-state index in [-0.39, 0.29) is 17.7 Å². The molecule has 0 atom stereocenters. The molecule has 0 aromatic carbocycles. The van der Waals surface area contributed by atoms with Gasteiger partial charge in [0.1, 0.15) is 6.79 Å².